The van der Waals surface area contributed by atoms with Crippen molar-refractivity contribution in [1.29, 1.82) is 0 Å². The van der Waals surface area contributed by atoms with Gasteiger partial charge >= 0.3 is 0 Å². The van der Waals surface area contributed by atoms with E-state index in [2.05, 4.69) is 0 Å². The van der Waals surface area contributed by atoms with Gasteiger partial charge in [0.2, 0.25) is 11.5 Å². The van der Waals surface area contributed by atoms with Gasteiger partial charge in [0.1, 0.15) is 0 Å². The molecule has 0 aliphatic heterocycles. The molecule has 0 aliphatic rings. The number of phenols is 4. The normalized spacial score (nSPS) is 10.9. The highest BCUT2D eigenvalue weighted by molar-refractivity contribution is 7.81. The predicted molar refractivity (Wildman–Crippen MR) is 85.0 cm³/mol. The van der Waals surface area contributed by atoms with Gasteiger partial charge in [0.05, 0.1) is 0 Å². The SMILES string of the molecule is Cc1ccc(C(=S)C=Cc2cc(O)c(O)c(O)c2O)cc1. The second-order valence-electron chi connectivity index (χ2n) is 4.59. The highest BCUT2D eigenvalue weighted by Crippen LogP contribution is 2.44. The third kappa shape index (κ3) is 3.14. The minimum absolute atomic E-state index is 0.150. The zero-order valence-corrected chi connectivity index (χ0v) is 12.1. The van der Waals surface area contributed by atoms with Gasteiger partial charge in [0.15, 0.2) is 11.5 Å². The number of aromatic hydroxyl groups is 4. The topological polar surface area (TPSA) is 80.9 Å². The molecular formula is C16H14O4S. The molecule has 0 aromatic heterocycles. The van der Waals surface area contributed by atoms with Gasteiger partial charge in [-0.05, 0) is 30.7 Å². The molecule has 4 N–H and O–H groups in total. The lowest BCUT2D eigenvalue weighted by atomic mass is 10.1. The van der Waals surface area contributed by atoms with Crippen LogP contribution in [0.4, 0.5) is 0 Å². The summed E-state index contributed by atoms with van der Waals surface area (Å²) in [5, 5.41) is 37.9. The summed E-state index contributed by atoms with van der Waals surface area (Å²) in [5.74, 6) is -2.57. The summed E-state index contributed by atoms with van der Waals surface area (Å²) in [6.07, 6.45) is 3.03. The summed E-state index contributed by atoms with van der Waals surface area (Å²) in [7, 11) is 0. The molecule has 0 fully saturated rings. The van der Waals surface area contributed by atoms with Crippen LogP contribution in [-0.2, 0) is 0 Å². The van der Waals surface area contributed by atoms with E-state index in [0.717, 1.165) is 17.2 Å². The van der Waals surface area contributed by atoms with Crippen molar-refractivity contribution in [2.24, 2.45) is 0 Å². The molecule has 2 aromatic rings. The minimum Gasteiger partial charge on any atom is -0.504 e. The highest BCUT2D eigenvalue weighted by Gasteiger charge is 2.14. The fourth-order valence-electron chi connectivity index (χ4n) is 1.76. The smallest absolute Gasteiger partial charge is 0.204 e. The average molecular weight is 302 g/mol. The zero-order chi connectivity index (χ0) is 15.6. The third-order valence-corrected chi connectivity index (χ3v) is 3.38. The van der Waals surface area contributed by atoms with E-state index in [4.69, 9.17) is 12.2 Å². The zero-order valence-electron chi connectivity index (χ0n) is 11.2. The largest absolute Gasteiger partial charge is 0.504 e. The van der Waals surface area contributed by atoms with Gasteiger partial charge in [0, 0.05) is 10.4 Å². The van der Waals surface area contributed by atoms with Crippen molar-refractivity contribution in [3.05, 3.63) is 53.1 Å². The van der Waals surface area contributed by atoms with Crippen molar-refractivity contribution < 1.29 is 20.4 Å². The number of rotatable bonds is 3. The third-order valence-electron chi connectivity index (χ3n) is 3.01. The first-order valence-electron chi connectivity index (χ1n) is 6.16. The van der Waals surface area contributed by atoms with E-state index < -0.39 is 23.0 Å². The summed E-state index contributed by atoms with van der Waals surface area (Å²) in [6.45, 7) is 1.97. The molecule has 0 aliphatic carbocycles. The molecule has 0 unspecified atom stereocenters. The number of hydrogen-bond donors (Lipinski definition) is 4. The van der Waals surface area contributed by atoms with Crippen LogP contribution in [0.15, 0.2) is 36.4 Å². The monoisotopic (exact) mass is 302 g/mol. The molecule has 0 saturated carbocycles. The van der Waals surface area contributed by atoms with E-state index in [1.54, 1.807) is 6.08 Å². The second kappa shape index (κ2) is 5.85. The molecular weight excluding hydrogens is 288 g/mol. The maximum Gasteiger partial charge on any atom is 0.204 e. The Bertz CT molecular complexity index is 718. The lowest BCUT2D eigenvalue weighted by Crippen LogP contribution is -1.92. The van der Waals surface area contributed by atoms with Gasteiger partial charge < -0.3 is 20.4 Å². The molecule has 0 bridgehead atoms. The molecule has 2 rings (SSSR count). The van der Waals surface area contributed by atoms with Crippen LogP contribution >= 0.6 is 12.2 Å². The summed E-state index contributed by atoms with van der Waals surface area (Å²) in [6, 6.07) is 8.77. The molecule has 0 amide bonds. The Morgan fingerprint density at radius 2 is 1.57 bits per heavy atom. The molecule has 0 saturated heterocycles. The lowest BCUT2D eigenvalue weighted by molar-refractivity contribution is 0.345. The van der Waals surface area contributed by atoms with E-state index in [1.165, 1.54) is 6.08 Å². The molecule has 4 nitrogen and oxygen atoms in total. The van der Waals surface area contributed by atoms with Gasteiger partial charge in [-0.2, -0.15) is 0 Å². The Kier molecular flexibility index (Phi) is 4.14. The molecule has 0 heterocycles. The van der Waals surface area contributed by atoms with E-state index in [1.807, 2.05) is 31.2 Å². The molecule has 0 atom stereocenters. The maximum absolute atomic E-state index is 9.71. The van der Waals surface area contributed by atoms with Crippen molar-refractivity contribution in [1.82, 2.24) is 0 Å². The minimum atomic E-state index is -0.768. The second-order valence-corrected chi connectivity index (χ2v) is 5.03. The first-order chi connectivity index (χ1) is 9.90. The van der Waals surface area contributed by atoms with Gasteiger partial charge in [-0.1, -0.05) is 42.0 Å². The lowest BCUT2D eigenvalue weighted by Gasteiger charge is -2.06. The van der Waals surface area contributed by atoms with Crippen LogP contribution in [0.3, 0.4) is 0 Å². The Morgan fingerprint density at radius 1 is 0.952 bits per heavy atom. The molecule has 0 radical (unpaired) electrons. The van der Waals surface area contributed by atoms with Crippen molar-refractivity contribution in [3.63, 3.8) is 0 Å². The van der Waals surface area contributed by atoms with Crippen LogP contribution in [0.2, 0.25) is 0 Å². The number of hydrogen-bond acceptors (Lipinski definition) is 5. The van der Waals surface area contributed by atoms with E-state index in [9.17, 15) is 20.4 Å². The Balaban J connectivity index is 2.29. The first kappa shape index (κ1) is 14.9. The molecule has 5 heteroatoms. The van der Waals surface area contributed by atoms with Gasteiger partial charge in [-0.25, -0.2) is 0 Å². The molecule has 21 heavy (non-hydrogen) atoms. The Hall–Kier alpha value is -2.53. The molecule has 2 aromatic carbocycles. The number of aryl methyl sites for hydroxylation is 1. The quantitative estimate of drug-likeness (QED) is 0.230. The number of allylic oxidation sites excluding steroid dienone is 1. The van der Waals surface area contributed by atoms with Crippen LogP contribution in [0.25, 0.3) is 6.08 Å². The van der Waals surface area contributed by atoms with Crippen LogP contribution in [-0.4, -0.2) is 25.3 Å². The summed E-state index contributed by atoms with van der Waals surface area (Å²) >= 11 is 5.25. The van der Waals surface area contributed by atoms with Crippen molar-refractivity contribution >= 4 is 23.2 Å². The van der Waals surface area contributed by atoms with Gasteiger partial charge in [-0.15, -0.1) is 0 Å². The number of thiocarbonyl (C=S) groups is 1. The maximum atomic E-state index is 9.71. The number of phenolic OH excluding ortho intramolecular Hbond substituents is 4. The number of benzene rings is 2. The van der Waals surface area contributed by atoms with Gasteiger partial charge in [0.25, 0.3) is 0 Å². The van der Waals surface area contributed by atoms with E-state index in [0.29, 0.717) is 4.86 Å². The standard InChI is InChI=1S/C16H14O4S/c1-9-2-4-10(5-3-9)13(21)7-6-11-8-12(17)15(19)16(20)14(11)18/h2-8,17-20H,1H3. The van der Waals surface area contributed by atoms with Crippen molar-refractivity contribution in [2.75, 3.05) is 0 Å². The molecule has 0 spiro atoms. The summed E-state index contributed by atoms with van der Waals surface area (Å²) in [5.41, 5.74) is 2.12. The first-order valence-corrected chi connectivity index (χ1v) is 6.57. The van der Waals surface area contributed by atoms with Crippen molar-refractivity contribution in [2.45, 2.75) is 6.92 Å². The highest BCUT2D eigenvalue weighted by atomic mass is 32.1. The van der Waals surface area contributed by atoms with Crippen LogP contribution in [0.5, 0.6) is 23.0 Å². The van der Waals surface area contributed by atoms with Crippen LogP contribution in [0, 0.1) is 6.92 Å². The van der Waals surface area contributed by atoms with E-state index >= 15 is 0 Å². The van der Waals surface area contributed by atoms with Crippen molar-refractivity contribution in [3.8, 4) is 23.0 Å². The fourth-order valence-corrected chi connectivity index (χ4v) is 1.96. The Labute approximate surface area is 127 Å². The van der Waals surface area contributed by atoms with Crippen LogP contribution in [0.1, 0.15) is 16.7 Å². The van der Waals surface area contributed by atoms with E-state index in [-0.39, 0.29) is 5.56 Å². The fraction of sp³-hybridized carbons (Fsp3) is 0.0625. The Morgan fingerprint density at radius 3 is 2.19 bits per heavy atom. The van der Waals surface area contributed by atoms with Crippen LogP contribution < -0.4 is 0 Å². The molecule has 108 valence electrons. The predicted octanol–water partition coefficient (Wildman–Crippen LogP) is 3.25. The summed E-state index contributed by atoms with van der Waals surface area (Å²) < 4.78 is 0. The average Bonchev–Trinajstić information content (AvgIpc) is 2.48. The van der Waals surface area contributed by atoms with Gasteiger partial charge in [-0.3, -0.25) is 0 Å². The summed E-state index contributed by atoms with van der Waals surface area (Å²) in [4.78, 5) is 0.543.